The second-order valence-corrected chi connectivity index (χ2v) is 3.83. The maximum absolute atomic E-state index is 11.8. The SMILES string of the molecule is COc1ccc(CCNC(N)=NCCCF)cc1. The van der Waals surface area contributed by atoms with Gasteiger partial charge in [-0.25, -0.2) is 0 Å². The van der Waals surface area contributed by atoms with Crippen molar-refractivity contribution in [2.24, 2.45) is 10.7 Å². The van der Waals surface area contributed by atoms with Gasteiger partial charge in [-0.05, 0) is 30.5 Å². The van der Waals surface area contributed by atoms with Gasteiger partial charge in [0.05, 0.1) is 13.8 Å². The average Bonchev–Trinajstić information content (AvgIpc) is 2.40. The number of guanidine groups is 1. The predicted molar refractivity (Wildman–Crippen MR) is 71.8 cm³/mol. The molecule has 0 fully saturated rings. The van der Waals surface area contributed by atoms with Gasteiger partial charge < -0.3 is 15.8 Å². The van der Waals surface area contributed by atoms with Crippen LogP contribution in [0.25, 0.3) is 0 Å². The summed E-state index contributed by atoms with van der Waals surface area (Å²) in [4.78, 5) is 4.00. The van der Waals surface area contributed by atoms with Crippen LogP contribution in [-0.4, -0.2) is 32.8 Å². The van der Waals surface area contributed by atoms with Gasteiger partial charge in [0.15, 0.2) is 5.96 Å². The number of aliphatic imine (C=N–C) groups is 1. The van der Waals surface area contributed by atoms with Crippen molar-refractivity contribution in [3.63, 3.8) is 0 Å². The van der Waals surface area contributed by atoms with Gasteiger partial charge in [0, 0.05) is 13.1 Å². The molecule has 0 aliphatic heterocycles. The number of ether oxygens (including phenoxy) is 1. The molecule has 3 N–H and O–H groups in total. The van der Waals surface area contributed by atoms with Crippen LogP contribution in [0.1, 0.15) is 12.0 Å². The Balaban J connectivity index is 2.26. The molecule has 0 saturated heterocycles. The maximum atomic E-state index is 11.8. The molecule has 1 aromatic rings. The molecule has 18 heavy (non-hydrogen) atoms. The van der Waals surface area contributed by atoms with Crippen molar-refractivity contribution in [1.29, 1.82) is 0 Å². The largest absolute Gasteiger partial charge is 0.497 e. The van der Waals surface area contributed by atoms with E-state index in [1.165, 1.54) is 5.56 Å². The lowest BCUT2D eigenvalue weighted by Gasteiger charge is -2.06. The summed E-state index contributed by atoms with van der Waals surface area (Å²) >= 11 is 0. The molecule has 0 saturated carbocycles. The molecule has 4 nitrogen and oxygen atoms in total. The molecule has 1 rings (SSSR count). The monoisotopic (exact) mass is 253 g/mol. The minimum Gasteiger partial charge on any atom is -0.497 e. The number of hydrogen-bond donors (Lipinski definition) is 2. The molecule has 0 atom stereocenters. The Labute approximate surface area is 107 Å². The van der Waals surface area contributed by atoms with Gasteiger partial charge >= 0.3 is 0 Å². The molecule has 0 unspecified atom stereocenters. The van der Waals surface area contributed by atoms with Gasteiger partial charge in [-0.15, -0.1) is 0 Å². The van der Waals surface area contributed by atoms with E-state index in [9.17, 15) is 4.39 Å². The molecular weight excluding hydrogens is 233 g/mol. The van der Waals surface area contributed by atoms with Crippen LogP contribution in [0.4, 0.5) is 4.39 Å². The Morgan fingerprint density at radius 2 is 2.11 bits per heavy atom. The van der Waals surface area contributed by atoms with E-state index >= 15 is 0 Å². The maximum Gasteiger partial charge on any atom is 0.188 e. The quantitative estimate of drug-likeness (QED) is 0.440. The lowest BCUT2D eigenvalue weighted by molar-refractivity contribution is 0.414. The van der Waals surface area contributed by atoms with Crippen LogP contribution in [0.15, 0.2) is 29.3 Å². The smallest absolute Gasteiger partial charge is 0.188 e. The van der Waals surface area contributed by atoms with Crippen LogP contribution in [-0.2, 0) is 6.42 Å². The van der Waals surface area contributed by atoms with Crippen LogP contribution in [0.2, 0.25) is 0 Å². The van der Waals surface area contributed by atoms with Crippen molar-refractivity contribution < 1.29 is 9.13 Å². The van der Waals surface area contributed by atoms with Crippen LogP contribution in [0.3, 0.4) is 0 Å². The Morgan fingerprint density at radius 3 is 2.72 bits per heavy atom. The molecule has 0 aliphatic rings. The highest BCUT2D eigenvalue weighted by atomic mass is 19.1. The average molecular weight is 253 g/mol. The number of rotatable bonds is 7. The highest BCUT2D eigenvalue weighted by molar-refractivity contribution is 5.77. The van der Waals surface area contributed by atoms with Crippen LogP contribution >= 0.6 is 0 Å². The van der Waals surface area contributed by atoms with Crippen molar-refractivity contribution >= 4 is 5.96 Å². The van der Waals surface area contributed by atoms with E-state index in [1.54, 1.807) is 7.11 Å². The number of methoxy groups -OCH3 is 1. The van der Waals surface area contributed by atoms with E-state index < -0.39 is 0 Å². The minimum absolute atomic E-state index is 0.359. The first-order valence-corrected chi connectivity index (χ1v) is 5.99. The second-order valence-electron chi connectivity index (χ2n) is 3.83. The number of nitrogens with one attached hydrogen (secondary N) is 1. The number of hydrogen-bond acceptors (Lipinski definition) is 2. The molecule has 0 heterocycles. The first-order chi connectivity index (χ1) is 8.76. The summed E-state index contributed by atoms with van der Waals surface area (Å²) in [5.41, 5.74) is 6.82. The zero-order valence-electron chi connectivity index (χ0n) is 10.7. The lowest BCUT2D eigenvalue weighted by atomic mass is 10.1. The van der Waals surface area contributed by atoms with E-state index in [0.29, 0.717) is 25.5 Å². The van der Waals surface area contributed by atoms with E-state index in [4.69, 9.17) is 10.5 Å². The zero-order valence-corrected chi connectivity index (χ0v) is 10.7. The summed E-state index contributed by atoms with van der Waals surface area (Å²) in [6.45, 7) is 0.776. The van der Waals surface area contributed by atoms with Crippen molar-refractivity contribution in [1.82, 2.24) is 5.32 Å². The Bertz CT molecular complexity index is 365. The van der Waals surface area contributed by atoms with Gasteiger partial charge in [-0.1, -0.05) is 12.1 Å². The first kappa shape index (κ1) is 14.3. The van der Waals surface area contributed by atoms with E-state index in [-0.39, 0.29) is 6.67 Å². The van der Waals surface area contributed by atoms with Crippen LogP contribution in [0.5, 0.6) is 5.75 Å². The van der Waals surface area contributed by atoms with Crippen LogP contribution in [0, 0.1) is 0 Å². The first-order valence-electron chi connectivity index (χ1n) is 5.99. The van der Waals surface area contributed by atoms with Gasteiger partial charge in [-0.2, -0.15) is 0 Å². The Kier molecular flexibility index (Phi) is 6.61. The molecule has 1 aromatic carbocycles. The van der Waals surface area contributed by atoms with E-state index in [0.717, 1.165) is 12.2 Å². The molecule has 0 aromatic heterocycles. The van der Waals surface area contributed by atoms with Crippen LogP contribution < -0.4 is 15.8 Å². The lowest BCUT2D eigenvalue weighted by Crippen LogP contribution is -2.33. The van der Waals surface area contributed by atoms with E-state index in [2.05, 4.69) is 10.3 Å². The highest BCUT2D eigenvalue weighted by Gasteiger charge is 1.95. The normalized spacial score (nSPS) is 11.3. The Hall–Kier alpha value is -1.78. The summed E-state index contributed by atoms with van der Waals surface area (Å²) in [6.07, 6.45) is 1.27. The number of alkyl halides is 1. The molecular formula is C13H20FN3O. The van der Waals surface area contributed by atoms with Gasteiger partial charge in [0.25, 0.3) is 0 Å². The fourth-order valence-electron chi connectivity index (χ4n) is 1.44. The molecule has 100 valence electrons. The third-order valence-electron chi connectivity index (χ3n) is 2.45. The van der Waals surface area contributed by atoms with Gasteiger partial charge in [0.2, 0.25) is 0 Å². The molecule has 5 heteroatoms. The number of halogens is 1. The number of nitrogens with two attached hydrogens (primary N) is 1. The molecule has 0 aliphatic carbocycles. The fraction of sp³-hybridized carbons (Fsp3) is 0.462. The predicted octanol–water partition coefficient (Wildman–Crippen LogP) is 1.50. The number of nitrogens with zero attached hydrogens (tertiary/aromatic N) is 1. The molecule has 0 spiro atoms. The van der Waals surface area contributed by atoms with E-state index in [1.807, 2.05) is 24.3 Å². The highest BCUT2D eigenvalue weighted by Crippen LogP contribution is 2.11. The van der Waals surface area contributed by atoms with Crippen molar-refractivity contribution in [3.05, 3.63) is 29.8 Å². The zero-order chi connectivity index (χ0) is 13.2. The summed E-state index contributed by atoms with van der Waals surface area (Å²) < 4.78 is 16.9. The topological polar surface area (TPSA) is 59.6 Å². The van der Waals surface area contributed by atoms with Crippen molar-refractivity contribution in [2.45, 2.75) is 12.8 Å². The third-order valence-corrected chi connectivity index (χ3v) is 2.45. The minimum atomic E-state index is -0.359. The summed E-state index contributed by atoms with van der Waals surface area (Å²) in [5, 5.41) is 2.99. The molecule has 0 bridgehead atoms. The fourth-order valence-corrected chi connectivity index (χ4v) is 1.44. The standard InChI is InChI=1S/C13H20FN3O/c1-18-12-5-3-11(4-6-12)7-10-17-13(15)16-9-2-8-14/h3-6H,2,7-10H2,1H3,(H3,15,16,17). The van der Waals surface area contributed by atoms with Gasteiger partial charge in [0.1, 0.15) is 5.75 Å². The number of benzene rings is 1. The summed E-state index contributed by atoms with van der Waals surface area (Å²) in [6, 6.07) is 7.87. The molecule has 0 radical (unpaired) electrons. The van der Waals surface area contributed by atoms with Crippen molar-refractivity contribution in [2.75, 3.05) is 26.9 Å². The summed E-state index contributed by atoms with van der Waals surface area (Å²) in [5.74, 6) is 1.22. The summed E-state index contributed by atoms with van der Waals surface area (Å²) in [7, 11) is 1.64. The van der Waals surface area contributed by atoms with Gasteiger partial charge in [-0.3, -0.25) is 9.38 Å². The van der Waals surface area contributed by atoms with Crippen molar-refractivity contribution in [3.8, 4) is 5.75 Å². The Morgan fingerprint density at radius 1 is 1.39 bits per heavy atom. The second kappa shape index (κ2) is 8.33. The third kappa shape index (κ3) is 5.52. The molecule has 0 amide bonds.